The van der Waals surface area contributed by atoms with Crippen LogP contribution in [0.15, 0.2) is 28.8 Å². The second-order valence-electron chi connectivity index (χ2n) is 5.32. The van der Waals surface area contributed by atoms with Crippen LogP contribution in [0.2, 0.25) is 0 Å². The minimum absolute atomic E-state index is 0.0118. The molecule has 23 heavy (non-hydrogen) atoms. The summed E-state index contributed by atoms with van der Waals surface area (Å²) < 4.78 is 15.8. The van der Waals surface area contributed by atoms with Crippen molar-refractivity contribution in [3.05, 3.63) is 41.3 Å². The summed E-state index contributed by atoms with van der Waals surface area (Å²) in [6.45, 7) is 4.59. The van der Waals surface area contributed by atoms with Crippen LogP contribution in [0.5, 0.6) is 11.5 Å². The van der Waals surface area contributed by atoms with Crippen molar-refractivity contribution in [2.24, 2.45) is 0 Å². The number of nitrogens with zero attached hydrogens (tertiary/aromatic N) is 2. The Morgan fingerprint density at radius 2 is 1.87 bits per heavy atom. The highest BCUT2D eigenvalue weighted by Crippen LogP contribution is 2.17. The molecule has 0 fully saturated rings. The van der Waals surface area contributed by atoms with Gasteiger partial charge in [0.15, 0.2) is 0 Å². The van der Waals surface area contributed by atoms with Gasteiger partial charge in [0.1, 0.15) is 23.9 Å². The van der Waals surface area contributed by atoms with Crippen LogP contribution in [-0.4, -0.2) is 43.3 Å². The van der Waals surface area contributed by atoms with E-state index >= 15 is 0 Å². The molecule has 124 valence electrons. The number of amides is 1. The molecule has 0 unspecified atom stereocenters. The van der Waals surface area contributed by atoms with Crippen molar-refractivity contribution in [3.63, 3.8) is 0 Å². The lowest BCUT2D eigenvalue weighted by atomic mass is 10.1. The number of ether oxygens (including phenoxy) is 2. The first-order chi connectivity index (χ1) is 11.0. The zero-order valence-corrected chi connectivity index (χ0v) is 14.0. The molecule has 0 bridgehead atoms. The normalized spacial score (nSPS) is 10.4. The van der Waals surface area contributed by atoms with Crippen molar-refractivity contribution in [1.29, 1.82) is 0 Å². The summed E-state index contributed by atoms with van der Waals surface area (Å²) in [7, 11) is 3.38. The predicted molar refractivity (Wildman–Crippen MR) is 85.8 cm³/mol. The van der Waals surface area contributed by atoms with E-state index in [9.17, 15) is 4.79 Å². The van der Waals surface area contributed by atoms with Crippen LogP contribution in [0.4, 0.5) is 0 Å². The highest BCUT2D eigenvalue weighted by atomic mass is 16.5. The number of hydrogen-bond donors (Lipinski definition) is 0. The Labute approximate surface area is 136 Å². The fraction of sp³-hybridized carbons (Fsp3) is 0.412. The van der Waals surface area contributed by atoms with Crippen LogP contribution >= 0.6 is 0 Å². The van der Waals surface area contributed by atoms with E-state index in [4.69, 9.17) is 14.0 Å². The van der Waals surface area contributed by atoms with E-state index in [0.717, 1.165) is 22.8 Å². The number of carbonyl (C=O) groups is 1. The lowest BCUT2D eigenvalue weighted by Gasteiger charge is -2.17. The van der Waals surface area contributed by atoms with Crippen LogP contribution in [0, 0.1) is 13.8 Å². The monoisotopic (exact) mass is 318 g/mol. The number of rotatable bonds is 7. The van der Waals surface area contributed by atoms with Crippen LogP contribution in [0.3, 0.4) is 0 Å². The number of carbonyl (C=O) groups excluding carboxylic acids is 1. The van der Waals surface area contributed by atoms with E-state index in [1.54, 1.807) is 19.1 Å². The number of aryl methyl sites for hydroxylation is 2. The lowest BCUT2D eigenvalue weighted by molar-refractivity contribution is -0.129. The van der Waals surface area contributed by atoms with E-state index in [1.165, 1.54) is 0 Å². The first-order valence-corrected chi connectivity index (χ1v) is 7.44. The summed E-state index contributed by atoms with van der Waals surface area (Å²) in [5, 5.41) is 3.86. The SMILES string of the molecule is COc1ccc(OCCN(C)C(=O)Cc2c(C)noc2C)cc1. The lowest BCUT2D eigenvalue weighted by Crippen LogP contribution is -2.32. The number of methoxy groups -OCH3 is 1. The summed E-state index contributed by atoms with van der Waals surface area (Å²) >= 11 is 0. The van der Waals surface area contributed by atoms with Crippen LogP contribution in [0.1, 0.15) is 17.0 Å². The molecule has 6 heteroatoms. The minimum Gasteiger partial charge on any atom is -0.497 e. The van der Waals surface area contributed by atoms with Crippen LogP contribution in [0.25, 0.3) is 0 Å². The molecule has 2 aromatic rings. The molecule has 1 aromatic heterocycles. The Morgan fingerprint density at radius 3 is 2.43 bits per heavy atom. The number of likely N-dealkylation sites (N-methyl/N-ethyl adjacent to an activating group) is 1. The molecule has 1 aromatic carbocycles. The molecular weight excluding hydrogens is 296 g/mol. The third-order valence-corrected chi connectivity index (χ3v) is 3.69. The van der Waals surface area contributed by atoms with Crippen molar-refractivity contribution >= 4 is 5.91 Å². The van der Waals surface area contributed by atoms with Gasteiger partial charge in [-0.15, -0.1) is 0 Å². The zero-order valence-electron chi connectivity index (χ0n) is 14.0. The molecule has 0 atom stereocenters. The van der Waals surface area contributed by atoms with Gasteiger partial charge in [-0.05, 0) is 38.1 Å². The van der Waals surface area contributed by atoms with Crippen molar-refractivity contribution in [2.45, 2.75) is 20.3 Å². The van der Waals surface area contributed by atoms with Crippen molar-refractivity contribution < 1.29 is 18.8 Å². The van der Waals surface area contributed by atoms with Crippen molar-refractivity contribution in [1.82, 2.24) is 10.1 Å². The molecule has 0 aliphatic carbocycles. The Balaban J connectivity index is 1.79. The molecule has 0 radical (unpaired) electrons. The topological polar surface area (TPSA) is 64.8 Å². The van der Waals surface area contributed by atoms with Gasteiger partial charge in [0, 0.05) is 12.6 Å². The first kappa shape index (κ1) is 16.9. The second kappa shape index (κ2) is 7.67. The quantitative estimate of drug-likeness (QED) is 0.784. The van der Waals surface area contributed by atoms with E-state index in [2.05, 4.69) is 5.16 Å². The van der Waals surface area contributed by atoms with Crippen molar-refractivity contribution in [2.75, 3.05) is 27.3 Å². The predicted octanol–water partition coefficient (Wildman–Crippen LogP) is 2.38. The Hall–Kier alpha value is -2.50. The highest BCUT2D eigenvalue weighted by molar-refractivity contribution is 5.78. The number of aromatic nitrogens is 1. The van der Waals surface area contributed by atoms with Gasteiger partial charge >= 0.3 is 0 Å². The van der Waals surface area contributed by atoms with E-state index in [0.29, 0.717) is 25.3 Å². The fourth-order valence-electron chi connectivity index (χ4n) is 2.14. The summed E-state index contributed by atoms with van der Waals surface area (Å²) in [5.74, 6) is 2.23. The molecule has 1 amide bonds. The van der Waals surface area contributed by atoms with Crippen LogP contribution < -0.4 is 9.47 Å². The minimum atomic E-state index is 0.0118. The highest BCUT2D eigenvalue weighted by Gasteiger charge is 2.16. The maximum atomic E-state index is 12.2. The average molecular weight is 318 g/mol. The molecular formula is C17H22N2O4. The van der Waals surface area contributed by atoms with Gasteiger partial charge in [0.25, 0.3) is 0 Å². The number of hydrogen-bond acceptors (Lipinski definition) is 5. The van der Waals surface area contributed by atoms with Gasteiger partial charge in [-0.1, -0.05) is 5.16 Å². The molecule has 0 spiro atoms. The first-order valence-electron chi connectivity index (χ1n) is 7.44. The van der Waals surface area contributed by atoms with Gasteiger partial charge in [0.2, 0.25) is 5.91 Å². The van der Waals surface area contributed by atoms with Gasteiger partial charge in [-0.2, -0.15) is 0 Å². The molecule has 0 aliphatic rings. The Bertz CT molecular complexity index is 630. The van der Waals surface area contributed by atoms with Crippen molar-refractivity contribution in [3.8, 4) is 11.5 Å². The standard InChI is InChI=1S/C17H22N2O4/c1-12-16(13(2)23-18-12)11-17(20)19(3)9-10-22-15-7-5-14(21-4)6-8-15/h5-8H,9-11H2,1-4H3. The zero-order chi connectivity index (χ0) is 16.8. The molecule has 2 rings (SSSR count). The summed E-state index contributed by atoms with van der Waals surface area (Å²) in [5.41, 5.74) is 1.62. The summed E-state index contributed by atoms with van der Waals surface area (Å²) in [4.78, 5) is 13.9. The average Bonchev–Trinajstić information content (AvgIpc) is 2.87. The van der Waals surface area contributed by atoms with E-state index < -0.39 is 0 Å². The largest absolute Gasteiger partial charge is 0.497 e. The van der Waals surface area contributed by atoms with E-state index in [1.807, 2.05) is 38.1 Å². The molecule has 0 aliphatic heterocycles. The van der Waals surface area contributed by atoms with Gasteiger partial charge < -0.3 is 18.9 Å². The molecule has 0 N–H and O–H groups in total. The molecule has 0 saturated carbocycles. The smallest absolute Gasteiger partial charge is 0.227 e. The van der Waals surface area contributed by atoms with Crippen LogP contribution in [-0.2, 0) is 11.2 Å². The third kappa shape index (κ3) is 4.48. The summed E-state index contributed by atoms with van der Waals surface area (Å²) in [6.07, 6.45) is 0.292. The molecule has 0 saturated heterocycles. The maximum Gasteiger partial charge on any atom is 0.227 e. The van der Waals surface area contributed by atoms with Gasteiger partial charge in [-0.25, -0.2) is 0 Å². The summed E-state index contributed by atoms with van der Waals surface area (Å²) in [6, 6.07) is 7.35. The van der Waals surface area contributed by atoms with E-state index in [-0.39, 0.29) is 5.91 Å². The Morgan fingerprint density at radius 1 is 1.22 bits per heavy atom. The molecule has 6 nitrogen and oxygen atoms in total. The third-order valence-electron chi connectivity index (χ3n) is 3.69. The van der Waals surface area contributed by atoms with Gasteiger partial charge in [0.05, 0.1) is 25.8 Å². The maximum absolute atomic E-state index is 12.2. The molecule has 1 heterocycles. The Kier molecular flexibility index (Phi) is 5.62. The number of benzene rings is 1. The van der Waals surface area contributed by atoms with Gasteiger partial charge in [-0.3, -0.25) is 4.79 Å². The second-order valence-corrected chi connectivity index (χ2v) is 5.32. The fourth-order valence-corrected chi connectivity index (χ4v) is 2.14.